The molecule has 26 heavy (non-hydrogen) atoms. The maximum atomic E-state index is 5.79. The molecule has 0 N–H and O–H groups in total. The van der Waals surface area contributed by atoms with E-state index in [0.29, 0.717) is 17.5 Å². The van der Waals surface area contributed by atoms with Gasteiger partial charge in [-0.25, -0.2) is 0 Å². The van der Waals surface area contributed by atoms with Crippen LogP contribution in [-0.4, -0.2) is 24.8 Å². The highest BCUT2D eigenvalue weighted by Crippen LogP contribution is 2.31. The van der Waals surface area contributed by atoms with Crippen molar-refractivity contribution >= 4 is 54.2 Å². The molecule has 0 bridgehead atoms. The topological polar surface area (TPSA) is 69.1 Å². The van der Waals surface area contributed by atoms with Gasteiger partial charge >= 0.3 is 0 Å². The molecule has 5 aromatic rings. The molecule has 3 aromatic heterocycles. The van der Waals surface area contributed by atoms with E-state index in [9.17, 15) is 0 Å². The monoisotopic (exact) mass is 443 g/mol. The van der Waals surface area contributed by atoms with Gasteiger partial charge < -0.3 is 4.42 Å². The molecule has 0 spiro atoms. The number of nitrogens with zero attached hydrogens (tertiary/aromatic N) is 5. The van der Waals surface area contributed by atoms with Gasteiger partial charge in [-0.1, -0.05) is 57.2 Å². The summed E-state index contributed by atoms with van der Waals surface area (Å²) in [5.74, 6) is 1.60. The summed E-state index contributed by atoms with van der Waals surface area (Å²) in [7, 11) is 0. The van der Waals surface area contributed by atoms with Crippen molar-refractivity contribution in [2.45, 2.75) is 10.9 Å². The molecule has 0 saturated heterocycles. The zero-order chi connectivity index (χ0) is 17.5. The Bertz CT molecular complexity index is 1230. The number of hydrogen-bond acceptors (Lipinski definition) is 7. The van der Waals surface area contributed by atoms with Crippen LogP contribution in [0.4, 0.5) is 0 Å². The molecule has 0 atom stereocenters. The van der Waals surface area contributed by atoms with Crippen molar-refractivity contribution in [1.82, 2.24) is 24.8 Å². The maximum Gasteiger partial charge on any atom is 0.247 e. The first-order chi connectivity index (χ1) is 12.8. The SMILES string of the molecule is Brc1cccc(-c2nnc(CSc3nnc4sc5ccccc5n34)o2)c1. The summed E-state index contributed by atoms with van der Waals surface area (Å²) < 4.78 is 10.0. The highest BCUT2D eigenvalue weighted by atomic mass is 79.9. The van der Waals surface area contributed by atoms with Crippen molar-refractivity contribution in [2.75, 3.05) is 0 Å². The van der Waals surface area contributed by atoms with E-state index >= 15 is 0 Å². The predicted octanol–water partition coefficient (Wildman–Crippen LogP) is 5.05. The highest BCUT2D eigenvalue weighted by molar-refractivity contribution is 9.10. The van der Waals surface area contributed by atoms with Gasteiger partial charge in [0.2, 0.25) is 16.7 Å². The average molecular weight is 444 g/mol. The lowest BCUT2D eigenvalue weighted by Gasteiger charge is -1.97. The molecule has 5 rings (SSSR count). The third-order valence-corrected chi connectivity index (χ3v) is 6.19. The van der Waals surface area contributed by atoms with Crippen LogP contribution < -0.4 is 0 Å². The molecule has 0 aliphatic heterocycles. The lowest BCUT2D eigenvalue weighted by molar-refractivity contribution is 0.528. The fourth-order valence-electron chi connectivity index (χ4n) is 2.63. The van der Waals surface area contributed by atoms with Gasteiger partial charge in [0.05, 0.1) is 16.0 Å². The molecule has 0 aliphatic rings. The molecule has 2 aromatic carbocycles. The summed E-state index contributed by atoms with van der Waals surface area (Å²) in [6.07, 6.45) is 0. The number of para-hydroxylation sites is 1. The molecular formula is C17H10BrN5OS2. The van der Waals surface area contributed by atoms with E-state index < -0.39 is 0 Å². The minimum absolute atomic E-state index is 0.509. The molecule has 0 amide bonds. The molecule has 9 heteroatoms. The van der Waals surface area contributed by atoms with Crippen LogP contribution in [0.2, 0.25) is 0 Å². The zero-order valence-electron chi connectivity index (χ0n) is 13.2. The van der Waals surface area contributed by atoms with Crippen molar-refractivity contribution in [1.29, 1.82) is 0 Å². The van der Waals surface area contributed by atoms with Gasteiger partial charge in [-0.3, -0.25) is 4.40 Å². The number of rotatable bonds is 4. The van der Waals surface area contributed by atoms with E-state index in [1.165, 1.54) is 16.5 Å². The molecule has 0 aliphatic carbocycles. The molecule has 3 heterocycles. The van der Waals surface area contributed by atoms with Crippen LogP contribution in [0.1, 0.15) is 5.89 Å². The lowest BCUT2D eigenvalue weighted by atomic mass is 10.2. The average Bonchev–Trinajstić information content (AvgIpc) is 3.35. The Balaban J connectivity index is 1.41. The Labute approximate surface area is 164 Å². The Kier molecular flexibility index (Phi) is 3.99. The molecule has 6 nitrogen and oxygen atoms in total. The molecule has 0 fully saturated rings. The normalized spacial score (nSPS) is 11.6. The summed E-state index contributed by atoms with van der Waals surface area (Å²) in [6, 6.07) is 16.0. The van der Waals surface area contributed by atoms with Crippen molar-refractivity contribution in [2.24, 2.45) is 0 Å². The van der Waals surface area contributed by atoms with Crippen LogP contribution in [0.15, 0.2) is 62.6 Å². The number of benzene rings is 2. The van der Waals surface area contributed by atoms with Gasteiger partial charge in [-0.05, 0) is 30.3 Å². The standard InChI is InChI=1S/C17H10BrN5OS2/c18-11-5-3-4-10(8-11)15-20-19-14(24-15)9-25-16-21-22-17-23(16)12-6-1-2-7-13(12)26-17/h1-8H,9H2. The number of thioether (sulfide) groups is 1. The Morgan fingerprint density at radius 2 is 1.96 bits per heavy atom. The zero-order valence-corrected chi connectivity index (χ0v) is 16.4. The second-order valence-electron chi connectivity index (χ2n) is 5.47. The van der Waals surface area contributed by atoms with Crippen molar-refractivity contribution in [3.05, 3.63) is 58.9 Å². The van der Waals surface area contributed by atoms with E-state index in [1.807, 2.05) is 36.4 Å². The fraction of sp³-hybridized carbons (Fsp3) is 0.0588. The first kappa shape index (κ1) is 16.0. The highest BCUT2D eigenvalue weighted by Gasteiger charge is 2.15. The predicted molar refractivity (Wildman–Crippen MR) is 105 cm³/mol. The minimum Gasteiger partial charge on any atom is -0.420 e. The van der Waals surface area contributed by atoms with Crippen LogP contribution in [0.3, 0.4) is 0 Å². The number of thiazole rings is 1. The molecule has 0 saturated carbocycles. The number of hydrogen-bond donors (Lipinski definition) is 0. The van der Waals surface area contributed by atoms with Crippen LogP contribution in [-0.2, 0) is 5.75 Å². The first-order valence-electron chi connectivity index (χ1n) is 7.72. The van der Waals surface area contributed by atoms with Crippen LogP contribution >= 0.6 is 39.0 Å². The van der Waals surface area contributed by atoms with Crippen molar-refractivity contribution in [3.63, 3.8) is 0 Å². The molecule has 128 valence electrons. The third-order valence-electron chi connectivity index (χ3n) is 3.77. The second kappa shape index (κ2) is 6.49. The summed E-state index contributed by atoms with van der Waals surface area (Å²) >= 11 is 6.61. The van der Waals surface area contributed by atoms with Crippen LogP contribution in [0.5, 0.6) is 0 Å². The number of aromatic nitrogens is 5. The van der Waals surface area contributed by atoms with Gasteiger partial charge in [0.15, 0.2) is 5.16 Å². The van der Waals surface area contributed by atoms with Gasteiger partial charge in [0.25, 0.3) is 0 Å². The van der Waals surface area contributed by atoms with Gasteiger partial charge in [0.1, 0.15) is 0 Å². The maximum absolute atomic E-state index is 5.79. The molecule has 0 unspecified atom stereocenters. The van der Waals surface area contributed by atoms with Gasteiger partial charge in [0, 0.05) is 10.0 Å². The Morgan fingerprint density at radius 1 is 1.04 bits per heavy atom. The smallest absolute Gasteiger partial charge is 0.247 e. The first-order valence-corrected chi connectivity index (χ1v) is 10.3. The number of halogens is 1. The van der Waals surface area contributed by atoms with Gasteiger partial charge in [-0.2, -0.15) is 0 Å². The van der Waals surface area contributed by atoms with Crippen LogP contribution in [0, 0.1) is 0 Å². The Morgan fingerprint density at radius 3 is 2.88 bits per heavy atom. The quantitative estimate of drug-likeness (QED) is 0.362. The summed E-state index contributed by atoms with van der Waals surface area (Å²) in [5.41, 5.74) is 2.00. The summed E-state index contributed by atoms with van der Waals surface area (Å²) in [5, 5.41) is 17.7. The summed E-state index contributed by atoms with van der Waals surface area (Å²) in [6.45, 7) is 0. The van der Waals surface area contributed by atoms with Crippen molar-refractivity contribution < 1.29 is 4.42 Å². The van der Waals surface area contributed by atoms with E-state index in [4.69, 9.17) is 4.42 Å². The van der Waals surface area contributed by atoms with E-state index in [0.717, 1.165) is 25.7 Å². The molecular weight excluding hydrogens is 434 g/mol. The third kappa shape index (κ3) is 2.81. The molecule has 0 radical (unpaired) electrons. The Hall–Kier alpha value is -2.23. The second-order valence-corrected chi connectivity index (χ2v) is 8.34. The summed E-state index contributed by atoms with van der Waals surface area (Å²) in [4.78, 5) is 0.883. The van der Waals surface area contributed by atoms with E-state index in [1.54, 1.807) is 11.3 Å². The van der Waals surface area contributed by atoms with Crippen molar-refractivity contribution in [3.8, 4) is 11.5 Å². The number of fused-ring (bicyclic) bond motifs is 3. The largest absolute Gasteiger partial charge is 0.420 e. The van der Waals surface area contributed by atoms with E-state index in [-0.39, 0.29) is 0 Å². The fourth-order valence-corrected chi connectivity index (χ4v) is 4.83. The van der Waals surface area contributed by atoms with Crippen LogP contribution in [0.25, 0.3) is 26.6 Å². The minimum atomic E-state index is 0.509. The van der Waals surface area contributed by atoms with Gasteiger partial charge in [-0.15, -0.1) is 20.4 Å². The van der Waals surface area contributed by atoms with E-state index in [2.05, 4.69) is 52.9 Å². The lowest BCUT2D eigenvalue weighted by Crippen LogP contribution is -1.87.